The molecule has 124 valence electrons. The van der Waals surface area contributed by atoms with E-state index in [1.54, 1.807) is 19.1 Å². The number of aryl methyl sites for hydroxylation is 1. The van der Waals surface area contributed by atoms with Gasteiger partial charge in [0.05, 0.1) is 19.2 Å². The second-order valence-electron chi connectivity index (χ2n) is 4.96. The Kier molecular flexibility index (Phi) is 5.20. The fourth-order valence-corrected chi connectivity index (χ4v) is 1.96. The predicted molar refractivity (Wildman–Crippen MR) is 83.9 cm³/mol. The average Bonchev–Trinajstić information content (AvgIpc) is 2.54. The first-order valence-electron chi connectivity index (χ1n) is 6.91. The van der Waals surface area contributed by atoms with Gasteiger partial charge in [0.15, 0.2) is 11.5 Å². The molecule has 0 amide bonds. The smallest absolute Gasteiger partial charge is 0.356 e. The van der Waals surface area contributed by atoms with Crippen LogP contribution in [0.2, 0.25) is 0 Å². The molecule has 8 heteroatoms. The largest absolute Gasteiger partial charge is 0.508 e. The van der Waals surface area contributed by atoms with E-state index in [4.69, 9.17) is 5.11 Å². The molecule has 0 aliphatic carbocycles. The van der Waals surface area contributed by atoms with Crippen molar-refractivity contribution in [2.75, 3.05) is 7.11 Å². The van der Waals surface area contributed by atoms with E-state index in [9.17, 15) is 14.7 Å². The number of carboxylic acid groups (broad SMARTS) is 1. The summed E-state index contributed by atoms with van der Waals surface area (Å²) in [7, 11) is 1.26. The van der Waals surface area contributed by atoms with Crippen LogP contribution in [-0.4, -0.2) is 34.2 Å². The molecule has 1 heterocycles. The number of carboxylic acids is 1. The zero-order chi connectivity index (χ0) is 17.7. The molecule has 1 aromatic heterocycles. The number of benzene rings is 1. The fraction of sp³-hybridized carbons (Fsp3) is 0.188. The molecule has 0 saturated carbocycles. The number of rotatable bonds is 5. The molecule has 0 unspecified atom stereocenters. The van der Waals surface area contributed by atoms with Crippen LogP contribution in [0.1, 0.15) is 21.6 Å². The van der Waals surface area contributed by atoms with Gasteiger partial charge in [-0.1, -0.05) is 0 Å². The van der Waals surface area contributed by atoms with Gasteiger partial charge in [-0.25, -0.2) is 9.78 Å². The summed E-state index contributed by atoms with van der Waals surface area (Å²) in [5, 5.41) is 26.3. The van der Waals surface area contributed by atoms with Crippen LogP contribution >= 0.6 is 0 Å². The first-order chi connectivity index (χ1) is 11.4. The normalized spacial score (nSPS) is 10.8. The number of aromatic hydroxyl groups is 1. The van der Waals surface area contributed by atoms with Crippen LogP contribution in [0.5, 0.6) is 5.75 Å². The fourth-order valence-electron chi connectivity index (χ4n) is 1.96. The Bertz CT molecular complexity index is 817. The van der Waals surface area contributed by atoms with Gasteiger partial charge in [0, 0.05) is 5.56 Å². The molecule has 0 saturated heterocycles. The summed E-state index contributed by atoms with van der Waals surface area (Å²) in [5.41, 5.74) is 1.46. The maximum atomic E-state index is 11.5. The summed E-state index contributed by atoms with van der Waals surface area (Å²) in [6.07, 6.45) is -0.329. The van der Waals surface area contributed by atoms with E-state index >= 15 is 0 Å². The van der Waals surface area contributed by atoms with E-state index in [1.165, 1.54) is 25.3 Å². The van der Waals surface area contributed by atoms with Crippen molar-refractivity contribution in [1.29, 1.82) is 0 Å². The summed E-state index contributed by atoms with van der Waals surface area (Å²) in [6.45, 7) is 1.78. The van der Waals surface area contributed by atoms with Crippen LogP contribution in [0.3, 0.4) is 0 Å². The van der Waals surface area contributed by atoms with Crippen molar-refractivity contribution in [1.82, 2.24) is 4.98 Å². The van der Waals surface area contributed by atoms with Crippen molar-refractivity contribution in [2.24, 2.45) is 10.2 Å². The zero-order valence-corrected chi connectivity index (χ0v) is 13.1. The van der Waals surface area contributed by atoms with Gasteiger partial charge in [-0.2, -0.15) is 0 Å². The Morgan fingerprint density at radius 1 is 1.21 bits per heavy atom. The number of hydrogen-bond donors (Lipinski definition) is 2. The number of carbonyl (C=O) groups excluding carboxylic acids is 1. The monoisotopic (exact) mass is 329 g/mol. The summed E-state index contributed by atoms with van der Waals surface area (Å²) < 4.78 is 4.62. The maximum absolute atomic E-state index is 11.5. The summed E-state index contributed by atoms with van der Waals surface area (Å²) in [5.74, 6) is -1.56. The average molecular weight is 329 g/mol. The van der Waals surface area contributed by atoms with Crippen molar-refractivity contribution in [3.05, 3.63) is 47.2 Å². The lowest BCUT2D eigenvalue weighted by Crippen LogP contribution is -2.04. The van der Waals surface area contributed by atoms with Gasteiger partial charge < -0.3 is 14.9 Å². The summed E-state index contributed by atoms with van der Waals surface area (Å²) in [6, 6.07) is 7.45. The Hall–Kier alpha value is -3.29. The van der Waals surface area contributed by atoms with Gasteiger partial charge in [0.25, 0.3) is 0 Å². The van der Waals surface area contributed by atoms with Gasteiger partial charge in [-0.05, 0) is 42.8 Å². The third kappa shape index (κ3) is 4.35. The van der Waals surface area contributed by atoms with Gasteiger partial charge in [0.2, 0.25) is 0 Å². The van der Waals surface area contributed by atoms with Crippen molar-refractivity contribution < 1.29 is 24.5 Å². The van der Waals surface area contributed by atoms with E-state index in [1.807, 2.05) is 0 Å². The quantitative estimate of drug-likeness (QED) is 0.642. The molecular formula is C16H15N3O5. The van der Waals surface area contributed by atoms with Crippen molar-refractivity contribution in [3.8, 4) is 5.75 Å². The van der Waals surface area contributed by atoms with E-state index in [0.29, 0.717) is 5.69 Å². The highest BCUT2D eigenvalue weighted by Crippen LogP contribution is 2.25. The van der Waals surface area contributed by atoms with Crippen LogP contribution in [0.4, 0.5) is 11.5 Å². The Labute approximate surface area is 137 Å². The van der Waals surface area contributed by atoms with Crippen LogP contribution in [0, 0.1) is 6.92 Å². The number of aromatic nitrogens is 1. The number of nitrogens with zero attached hydrogens (tertiary/aromatic N) is 3. The highest BCUT2D eigenvalue weighted by molar-refractivity contribution is 5.87. The van der Waals surface area contributed by atoms with Gasteiger partial charge in [0.1, 0.15) is 5.75 Å². The maximum Gasteiger partial charge on any atom is 0.356 e. The Morgan fingerprint density at radius 2 is 1.96 bits per heavy atom. The molecule has 0 radical (unpaired) electrons. The second kappa shape index (κ2) is 7.32. The topological polar surface area (TPSA) is 121 Å². The molecule has 24 heavy (non-hydrogen) atoms. The SMILES string of the molecule is COC(=O)c1cc(C)cc(N=Nc2ccc(O)c(CC(=O)O)c2)n1. The number of azo groups is 1. The second-order valence-corrected chi connectivity index (χ2v) is 4.96. The first-order valence-corrected chi connectivity index (χ1v) is 6.91. The summed E-state index contributed by atoms with van der Waals surface area (Å²) >= 11 is 0. The van der Waals surface area contributed by atoms with Crippen LogP contribution in [0.15, 0.2) is 40.6 Å². The van der Waals surface area contributed by atoms with Crippen molar-refractivity contribution in [3.63, 3.8) is 0 Å². The molecule has 0 aliphatic rings. The Balaban J connectivity index is 2.29. The molecule has 0 spiro atoms. The number of pyridine rings is 1. The lowest BCUT2D eigenvalue weighted by molar-refractivity contribution is -0.136. The zero-order valence-electron chi connectivity index (χ0n) is 13.1. The molecule has 0 atom stereocenters. The number of ether oxygens (including phenoxy) is 1. The van der Waals surface area contributed by atoms with Crippen LogP contribution < -0.4 is 0 Å². The third-order valence-corrected chi connectivity index (χ3v) is 3.02. The standard InChI is InChI=1S/C16H15N3O5/c1-9-5-12(16(23)24-2)17-14(6-9)19-18-11-3-4-13(20)10(7-11)8-15(21)22/h3-7,20H,8H2,1-2H3,(H,21,22). The number of hydrogen-bond acceptors (Lipinski definition) is 7. The van der Waals surface area contributed by atoms with Gasteiger partial charge in [-0.3, -0.25) is 4.79 Å². The molecule has 0 fully saturated rings. The predicted octanol–water partition coefficient (Wildman–Crippen LogP) is 2.92. The molecule has 2 aromatic rings. The molecular weight excluding hydrogens is 314 g/mol. The van der Waals surface area contributed by atoms with E-state index in [2.05, 4.69) is 19.9 Å². The molecule has 8 nitrogen and oxygen atoms in total. The molecule has 0 bridgehead atoms. The number of phenols is 1. The molecule has 0 aliphatic heterocycles. The minimum Gasteiger partial charge on any atom is -0.508 e. The summed E-state index contributed by atoms with van der Waals surface area (Å²) in [4.78, 5) is 26.3. The lowest BCUT2D eigenvalue weighted by Gasteiger charge is -2.03. The number of methoxy groups -OCH3 is 1. The minimum absolute atomic E-state index is 0.115. The van der Waals surface area contributed by atoms with Gasteiger partial charge >= 0.3 is 11.9 Å². The van der Waals surface area contributed by atoms with Gasteiger partial charge in [-0.15, -0.1) is 10.2 Å². The highest BCUT2D eigenvalue weighted by Gasteiger charge is 2.10. The van der Waals surface area contributed by atoms with E-state index in [-0.39, 0.29) is 29.2 Å². The first kappa shape index (κ1) is 17.1. The number of phenolic OH excluding ortho intramolecular Hbond substituents is 1. The molecule has 2 rings (SSSR count). The Morgan fingerprint density at radius 3 is 2.62 bits per heavy atom. The number of aliphatic carboxylic acids is 1. The number of esters is 1. The van der Waals surface area contributed by atoms with E-state index < -0.39 is 11.9 Å². The van der Waals surface area contributed by atoms with E-state index in [0.717, 1.165) is 5.56 Å². The molecule has 2 N–H and O–H groups in total. The van der Waals surface area contributed by atoms with Crippen LogP contribution in [-0.2, 0) is 16.0 Å². The minimum atomic E-state index is -1.07. The van der Waals surface area contributed by atoms with Crippen molar-refractivity contribution in [2.45, 2.75) is 13.3 Å². The highest BCUT2D eigenvalue weighted by atomic mass is 16.5. The lowest BCUT2D eigenvalue weighted by atomic mass is 10.1. The van der Waals surface area contributed by atoms with Crippen molar-refractivity contribution >= 4 is 23.4 Å². The third-order valence-electron chi connectivity index (χ3n) is 3.02. The number of carbonyl (C=O) groups is 2. The van der Waals surface area contributed by atoms with Crippen LogP contribution in [0.25, 0.3) is 0 Å². The molecule has 1 aromatic carbocycles.